The number of H-pyrrole nitrogens is 1. The number of aromatic nitrogens is 1. The van der Waals surface area contributed by atoms with Gasteiger partial charge in [-0.3, -0.25) is 4.79 Å². The van der Waals surface area contributed by atoms with E-state index in [-0.39, 0.29) is 12.4 Å². The molecule has 0 unspecified atom stereocenters. The maximum atomic E-state index is 12.8. The molecule has 1 aromatic heterocycles. The van der Waals surface area contributed by atoms with E-state index in [0.717, 1.165) is 39.9 Å². The fourth-order valence-corrected chi connectivity index (χ4v) is 3.97. The molecule has 0 bridgehead atoms. The van der Waals surface area contributed by atoms with E-state index in [0.29, 0.717) is 36.9 Å². The summed E-state index contributed by atoms with van der Waals surface area (Å²) < 4.78 is 16.0. The number of nitrogens with zero attached hydrogens (tertiary/aromatic N) is 1. The summed E-state index contributed by atoms with van der Waals surface area (Å²) in [7, 11) is 1.68. The molecule has 2 aromatic carbocycles. The van der Waals surface area contributed by atoms with Crippen LogP contribution in [-0.2, 0) is 17.8 Å². The molecule has 0 aliphatic carbocycles. The van der Waals surface area contributed by atoms with Crippen LogP contribution >= 0.6 is 12.2 Å². The fraction of sp³-hybridized carbons (Fsp3) is 0.333. The standard InChI is InChI=1S/C24H27N3O4S/c1-16-5-3-6-18-12-19(23(28)26-22(16)18)14-27(24(32)25-9-4-10-29-2)13-17-7-8-20-21(11-17)31-15-30-20/h3,5-8,11-12H,4,9-10,13-15H2,1-2H3,(H,25,32)(H,26,28). The molecule has 168 valence electrons. The number of hydrogen-bond acceptors (Lipinski definition) is 5. The molecule has 0 fully saturated rings. The van der Waals surface area contributed by atoms with Gasteiger partial charge >= 0.3 is 0 Å². The first-order chi connectivity index (χ1) is 15.5. The minimum atomic E-state index is -0.107. The first-order valence-corrected chi connectivity index (χ1v) is 11.0. The molecule has 2 N–H and O–H groups in total. The number of methoxy groups -OCH3 is 1. The normalized spacial score (nSPS) is 12.2. The maximum absolute atomic E-state index is 12.8. The van der Waals surface area contributed by atoms with Crippen LogP contribution in [0.3, 0.4) is 0 Å². The second-order valence-electron chi connectivity index (χ2n) is 7.78. The third kappa shape index (κ3) is 5.03. The summed E-state index contributed by atoms with van der Waals surface area (Å²) in [5.74, 6) is 1.46. The molecular weight excluding hydrogens is 426 g/mol. The van der Waals surface area contributed by atoms with Gasteiger partial charge in [0.25, 0.3) is 5.56 Å². The van der Waals surface area contributed by atoms with Gasteiger partial charge in [-0.2, -0.15) is 0 Å². The predicted molar refractivity (Wildman–Crippen MR) is 128 cm³/mol. The molecule has 0 atom stereocenters. The lowest BCUT2D eigenvalue weighted by Crippen LogP contribution is -2.40. The van der Waals surface area contributed by atoms with Crippen LogP contribution in [0.2, 0.25) is 0 Å². The summed E-state index contributed by atoms with van der Waals surface area (Å²) in [6.07, 6.45) is 0.838. The molecular formula is C24H27N3O4S. The summed E-state index contributed by atoms with van der Waals surface area (Å²) >= 11 is 5.69. The van der Waals surface area contributed by atoms with Crippen molar-refractivity contribution in [3.63, 3.8) is 0 Å². The highest BCUT2D eigenvalue weighted by molar-refractivity contribution is 7.80. The van der Waals surface area contributed by atoms with Crippen LogP contribution in [0.25, 0.3) is 10.9 Å². The van der Waals surface area contributed by atoms with Crippen LogP contribution in [0.4, 0.5) is 0 Å². The van der Waals surface area contributed by atoms with Crippen LogP contribution in [0.5, 0.6) is 11.5 Å². The van der Waals surface area contributed by atoms with Gasteiger partial charge in [0, 0.05) is 32.4 Å². The smallest absolute Gasteiger partial charge is 0.253 e. The largest absolute Gasteiger partial charge is 0.454 e. The van der Waals surface area contributed by atoms with Gasteiger partial charge in [-0.1, -0.05) is 24.3 Å². The Balaban J connectivity index is 1.58. The Morgan fingerprint density at radius 3 is 2.88 bits per heavy atom. The molecule has 0 radical (unpaired) electrons. The van der Waals surface area contributed by atoms with Crippen molar-refractivity contribution in [2.24, 2.45) is 0 Å². The molecule has 0 saturated heterocycles. The maximum Gasteiger partial charge on any atom is 0.253 e. The highest BCUT2D eigenvalue weighted by atomic mass is 32.1. The highest BCUT2D eigenvalue weighted by Gasteiger charge is 2.17. The van der Waals surface area contributed by atoms with Crippen LogP contribution in [0, 0.1) is 6.92 Å². The van der Waals surface area contributed by atoms with E-state index in [1.807, 2.05) is 54.3 Å². The number of thiocarbonyl (C=S) groups is 1. The second kappa shape index (κ2) is 10.0. The van der Waals surface area contributed by atoms with Crippen molar-refractivity contribution in [2.75, 3.05) is 27.1 Å². The molecule has 4 rings (SSSR count). The van der Waals surface area contributed by atoms with Crippen LogP contribution in [-0.4, -0.2) is 42.1 Å². The van der Waals surface area contributed by atoms with E-state index in [1.54, 1.807) is 7.11 Å². The number of aryl methyl sites for hydroxylation is 1. The molecule has 8 heteroatoms. The Morgan fingerprint density at radius 2 is 2.03 bits per heavy atom. The Kier molecular flexibility index (Phi) is 6.92. The number of rotatable bonds is 8. The lowest BCUT2D eigenvalue weighted by atomic mass is 10.1. The van der Waals surface area contributed by atoms with E-state index >= 15 is 0 Å². The lowest BCUT2D eigenvalue weighted by Gasteiger charge is -2.26. The number of hydrogen-bond donors (Lipinski definition) is 2. The lowest BCUT2D eigenvalue weighted by molar-refractivity contribution is 0.174. The number of benzene rings is 2. The molecule has 32 heavy (non-hydrogen) atoms. The topological polar surface area (TPSA) is 75.8 Å². The molecule has 1 aliphatic heterocycles. The van der Waals surface area contributed by atoms with Gasteiger partial charge in [-0.15, -0.1) is 0 Å². The summed E-state index contributed by atoms with van der Waals surface area (Å²) in [5, 5.41) is 4.87. The summed E-state index contributed by atoms with van der Waals surface area (Å²) in [6, 6.07) is 13.8. The number of pyridine rings is 1. The van der Waals surface area contributed by atoms with E-state index in [2.05, 4.69) is 10.3 Å². The van der Waals surface area contributed by atoms with Crippen molar-refractivity contribution in [1.82, 2.24) is 15.2 Å². The minimum absolute atomic E-state index is 0.107. The van der Waals surface area contributed by atoms with E-state index in [4.69, 9.17) is 26.4 Å². The fourth-order valence-electron chi connectivity index (χ4n) is 3.73. The predicted octanol–water partition coefficient (Wildman–Crippen LogP) is 3.48. The summed E-state index contributed by atoms with van der Waals surface area (Å²) in [4.78, 5) is 17.9. The molecule has 3 aromatic rings. The van der Waals surface area contributed by atoms with Crippen LogP contribution in [0.1, 0.15) is 23.1 Å². The molecule has 1 aliphatic rings. The zero-order chi connectivity index (χ0) is 22.5. The van der Waals surface area contributed by atoms with E-state index in [1.165, 1.54) is 0 Å². The Hall–Kier alpha value is -3.10. The quantitative estimate of drug-likeness (QED) is 0.400. The Labute approximate surface area is 192 Å². The SMILES string of the molecule is COCCCNC(=S)N(Cc1ccc2c(c1)OCO2)Cc1cc2cccc(C)c2[nH]c1=O. The Morgan fingerprint density at radius 1 is 1.19 bits per heavy atom. The Bertz CT molecular complexity index is 1180. The highest BCUT2D eigenvalue weighted by Crippen LogP contribution is 2.33. The van der Waals surface area contributed by atoms with E-state index < -0.39 is 0 Å². The molecule has 2 heterocycles. The van der Waals surface area contributed by atoms with Gasteiger partial charge in [-0.05, 0) is 60.3 Å². The molecule has 0 spiro atoms. The number of para-hydroxylation sites is 1. The van der Waals surface area contributed by atoms with Gasteiger partial charge in [-0.25, -0.2) is 0 Å². The molecule has 7 nitrogen and oxygen atoms in total. The van der Waals surface area contributed by atoms with Gasteiger partial charge in [0.1, 0.15) is 0 Å². The van der Waals surface area contributed by atoms with Crippen molar-refractivity contribution in [3.05, 3.63) is 69.5 Å². The van der Waals surface area contributed by atoms with Crippen molar-refractivity contribution in [2.45, 2.75) is 26.4 Å². The third-order valence-electron chi connectivity index (χ3n) is 5.43. The van der Waals surface area contributed by atoms with Crippen LogP contribution in [0.15, 0.2) is 47.3 Å². The first kappa shape index (κ1) is 22.1. The zero-order valence-corrected chi connectivity index (χ0v) is 19.1. The zero-order valence-electron chi connectivity index (χ0n) is 18.3. The monoisotopic (exact) mass is 453 g/mol. The van der Waals surface area contributed by atoms with Crippen molar-refractivity contribution < 1.29 is 14.2 Å². The van der Waals surface area contributed by atoms with Crippen LogP contribution < -0.4 is 20.3 Å². The van der Waals surface area contributed by atoms with Gasteiger partial charge < -0.3 is 29.4 Å². The van der Waals surface area contributed by atoms with Gasteiger partial charge in [0.05, 0.1) is 12.1 Å². The van der Waals surface area contributed by atoms with Crippen molar-refractivity contribution in [3.8, 4) is 11.5 Å². The van der Waals surface area contributed by atoms with E-state index in [9.17, 15) is 4.79 Å². The van der Waals surface area contributed by atoms with Gasteiger partial charge in [0.15, 0.2) is 16.6 Å². The average Bonchev–Trinajstić information content (AvgIpc) is 3.25. The van der Waals surface area contributed by atoms with Crippen molar-refractivity contribution >= 4 is 28.2 Å². The number of fused-ring (bicyclic) bond motifs is 2. The molecule has 0 saturated carbocycles. The first-order valence-electron chi connectivity index (χ1n) is 10.6. The average molecular weight is 454 g/mol. The van der Waals surface area contributed by atoms with Gasteiger partial charge in [0.2, 0.25) is 6.79 Å². The minimum Gasteiger partial charge on any atom is -0.454 e. The second-order valence-corrected chi connectivity index (χ2v) is 8.17. The summed E-state index contributed by atoms with van der Waals surface area (Å²) in [6.45, 7) is 4.47. The molecule has 0 amide bonds. The van der Waals surface area contributed by atoms with Crippen molar-refractivity contribution in [1.29, 1.82) is 0 Å². The number of aromatic amines is 1. The summed E-state index contributed by atoms with van der Waals surface area (Å²) in [5.41, 5.74) is 3.47. The number of nitrogens with one attached hydrogen (secondary N) is 2. The third-order valence-corrected chi connectivity index (χ3v) is 5.83. The number of ether oxygens (including phenoxy) is 3.